The van der Waals surface area contributed by atoms with Crippen molar-refractivity contribution < 1.29 is 9.67 Å². The molecule has 2 N–H and O–H groups in total. The van der Waals surface area contributed by atoms with Gasteiger partial charge in [0.05, 0.1) is 15.6 Å². The van der Waals surface area contributed by atoms with Gasteiger partial charge in [0.1, 0.15) is 0 Å². The predicted octanol–water partition coefficient (Wildman–Crippen LogP) is 5.32. The molecule has 3 aromatic rings. The SMILES string of the molecule is Cc1ccc[n+](C(C(=S)Nc2ccccc2Cl)=C(O)c2cccs2)c1. The first-order valence-corrected chi connectivity index (χ1v) is 9.24. The number of para-hydroxylation sites is 1. The van der Waals surface area contributed by atoms with E-state index < -0.39 is 0 Å². The number of nitrogens with one attached hydrogen (secondary N) is 1. The van der Waals surface area contributed by atoms with E-state index >= 15 is 0 Å². The van der Waals surface area contributed by atoms with Gasteiger partial charge in [-0.3, -0.25) is 0 Å². The van der Waals surface area contributed by atoms with Crippen molar-refractivity contribution in [2.75, 3.05) is 5.32 Å². The van der Waals surface area contributed by atoms with E-state index in [0.717, 1.165) is 10.4 Å². The minimum absolute atomic E-state index is 0.121. The lowest BCUT2D eigenvalue weighted by atomic mass is 10.2. The summed E-state index contributed by atoms with van der Waals surface area (Å²) in [6.45, 7) is 1.99. The Morgan fingerprint density at radius 2 is 1.96 bits per heavy atom. The molecule has 2 heterocycles. The zero-order chi connectivity index (χ0) is 17.8. The van der Waals surface area contributed by atoms with E-state index in [1.807, 2.05) is 71.7 Å². The molecule has 3 nitrogen and oxygen atoms in total. The summed E-state index contributed by atoms with van der Waals surface area (Å²) in [4.78, 5) is 1.13. The monoisotopic (exact) mass is 387 g/mol. The average Bonchev–Trinajstić information content (AvgIpc) is 3.12. The second-order valence-corrected chi connectivity index (χ2v) is 7.16. The molecule has 0 fully saturated rings. The number of thiocarbonyl (C=S) groups is 1. The summed E-state index contributed by atoms with van der Waals surface area (Å²) in [7, 11) is 0. The fourth-order valence-corrected chi connectivity index (χ4v) is 3.52. The molecule has 0 bridgehead atoms. The third kappa shape index (κ3) is 4.07. The van der Waals surface area contributed by atoms with E-state index in [1.165, 1.54) is 11.3 Å². The summed E-state index contributed by atoms with van der Waals surface area (Å²) in [5.74, 6) is 0.121. The van der Waals surface area contributed by atoms with Crippen LogP contribution in [-0.2, 0) is 0 Å². The Hall–Kier alpha value is -2.21. The molecule has 0 amide bonds. The van der Waals surface area contributed by atoms with Crippen LogP contribution in [0.2, 0.25) is 5.02 Å². The van der Waals surface area contributed by atoms with Crippen LogP contribution in [-0.4, -0.2) is 10.1 Å². The first kappa shape index (κ1) is 17.6. The topological polar surface area (TPSA) is 36.1 Å². The quantitative estimate of drug-likeness (QED) is 0.275. The maximum Gasteiger partial charge on any atom is 0.289 e. The Bertz CT molecular complexity index is 936. The first-order valence-electron chi connectivity index (χ1n) is 7.57. The number of aliphatic hydroxyl groups is 1. The van der Waals surface area contributed by atoms with Crippen molar-refractivity contribution in [2.24, 2.45) is 0 Å². The minimum atomic E-state index is 0.121. The Labute approximate surface area is 160 Å². The van der Waals surface area contributed by atoms with Crippen molar-refractivity contribution in [3.05, 3.63) is 81.8 Å². The first-order chi connectivity index (χ1) is 12.1. The van der Waals surface area contributed by atoms with E-state index in [0.29, 0.717) is 21.4 Å². The molecule has 2 aromatic heterocycles. The molecule has 3 rings (SSSR count). The zero-order valence-electron chi connectivity index (χ0n) is 13.4. The van der Waals surface area contributed by atoms with Gasteiger partial charge in [0.25, 0.3) is 5.70 Å². The molecular formula is C19H16ClN2OS2+. The van der Waals surface area contributed by atoms with Gasteiger partial charge in [-0.2, -0.15) is 4.57 Å². The molecule has 25 heavy (non-hydrogen) atoms. The van der Waals surface area contributed by atoms with Crippen molar-refractivity contribution in [3.63, 3.8) is 0 Å². The molecule has 0 spiro atoms. The van der Waals surface area contributed by atoms with Crippen LogP contribution >= 0.6 is 35.2 Å². The number of halogens is 1. The van der Waals surface area contributed by atoms with E-state index in [-0.39, 0.29) is 5.76 Å². The number of anilines is 1. The van der Waals surface area contributed by atoms with Gasteiger partial charge in [0.15, 0.2) is 17.4 Å². The highest BCUT2D eigenvalue weighted by Crippen LogP contribution is 2.25. The van der Waals surface area contributed by atoms with Crippen molar-refractivity contribution in [2.45, 2.75) is 6.92 Å². The summed E-state index contributed by atoms with van der Waals surface area (Å²) in [6.07, 6.45) is 3.77. The van der Waals surface area contributed by atoms with Gasteiger partial charge in [-0.15, -0.1) is 11.3 Å². The summed E-state index contributed by atoms with van der Waals surface area (Å²) in [6, 6.07) is 15.0. The van der Waals surface area contributed by atoms with Gasteiger partial charge in [-0.25, -0.2) is 0 Å². The molecule has 0 saturated carbocycles. The zero-order valence-corrected chi connectivity index (χ0v) is 15.8. The molecule has 0 unspecified atom stereocenters. The molecule has 6 heteroatoms. The third-order valence-corrected chi connectivity index (χ3v) is 5.02. The number of thiophene rings is 1. The van der Waals surface area contributed by atoms with E-state index in [2.05, 4.69) is 5.32 Å². The number of benzene rings is 1. The lowest BCUT2D eigenvalue weighted by Crippen LogP contribution is -2.38. The molecule has 0 aliphatic carbocycles. The second-order valence-electron chi connectivity index (χ2n) is 5.40. The number of aliphatic hydroxyl groups excluding tert-OH is 1. The number of pyridine rings is 1. The number of nitrogens with zero attached hydrogens (tertiary/aromatic N) is 1. The normalized spacial score (nSPS) is 11.8. The smallest absolute Gasteiger partial charge is 0.289 e. The highest BCUT2D eigenvalue weighted by atomic mass is 35.5. The number of aryl methyl sites for hydroxylation is 1. The highest BCUT2D eigenvalue weighted by molar-refractivity contribution is 7.81. The van der Waals surface area contributed by atoms with Crippen LogP contribution in [0.4, 0.5) is 5.69 Å². The lowest BCUT2D eigenvalue weighted by Gasteiger charge is -2.10. The summed E-state index contributed by atoms with van der Waals surface area (Å²) >= 11 is 13.3. The van der Waals surface area contributed by atoms with Gasteiger partial charge >= 0.3 is 0 Å². The maximum atomic E-state index is 10.8. The molecular weight excluding hydrogens is 372 g/mol. The summed E-state index contributed by atoms with van der Waals surface area (Å²) in [5.41, 5.74) is 2.25. The Kier molecular flexibility index (Phi) is 5.48. The number of aromatic nitrogens is 1. The third-order valence-electron chi connectivity index (χ3n) is 3.52. The van der Waals surface area contributed by atoms with Crippen molar-refractivity contribution in [3.8, 4) is 0 Å². The van der Waals surface area contributed by atoms with Crippen LogP contribution in [0.25, 0.3) is 11.5 Å². The van der Waals surface area contributed by atoms with Crippen LogP contribution in [0, 0.1) is 6.92 Å². The lowest BCUT2D eigenvalue weighted by molar-refractivity contribution is -0.576. The Balaban J connectivity index is 2.07. The van der Waals surface area contributed by atoms with Crippen LogP contribution in [0.1, 0.15) is 10.4 Å². The fraction of sp³-hybridized carbons (Fsp3) is 0.0526. The Morgan fingerprint density at radius 3 is 2.64 bits per heavy atom. The van der Waals surface area contributed by atoms with Gasteiger partial charge in [0, 0.05) is 11.6 Å². The van der Waals surface area contributed by atoms with Gasteiger partial charge < -0.3 is 10.4 Å². The van der Waals surface area contributed by atoms with Crippen LogP contribution in [0.15, 0.2) is 66.3 Å². The average molecular weight is 388 g/mol. The fourth-order valence-electron chi connectivity index (χ4n) is 2.35. The summed E-state index contributed by atoms with van der Waals surface area (Å²) in [5, 5.41) is 16.5. The van der Waals surface area contributed by atoms with Crippen LogP contribution in [0.3, 0.4) is 0 Å². The molecule has 0 aliphatic heterocycles. The Morgan fingerprint density at radius 1 is 1.16 bits per heavy atom. The van der Waals surface area contributed by atoms with Crippen LogP contribution < -0.4 is 9.88 Å². The maximum absolute atomic E-state index is 10.8. The minimum Gasteiger partial charge on any atom is -0.501 e. The van der Waals surface area contributed by atoms with Crippen molar-refractivity contribution in [1.82, 2.24) is 0 Å². The van der Waals surface area contributed by atoms with Gasteiger partial charge in [-0.1, -0.05) is 42.0 Å². The molecule has 0 atom stereocenters. The molecule has 1 aromatic carbocycles. The molecule has 126 valence electrons. The molecule has 0 saturated heterocycles. The van der Waals surface area contributed by atoms with Crippen molar-refractivity contribution >= 4 is 57.3 Å². The number of hydrogen-bond acceptors (Lipinski definition) is 3. The second kappa shape index (κ2) is 7.78. The van der Waals surface area contributed by atoms with E-state index in [1.54, 1.807) is 6.07 Å². The van der Waals surface area contributed by atoms with Crippen molar-refractivity contribution in [1.29, 1.82) is 0 Å². The van der Waals surface area contributed by atoms with E-state index in [4.69, 9.17) is 23.8 Å². The highest BCUT2D eigenvalue weighted by Gasteiger charge is 2.24. The number of rotatable bonds is 4. The van der Waals surface area contributed by atoms with Crippen LogP contribution in [0.5, 0.6) is 0 Å². The largest absolute Gasteiger partial charge is 0.501 e. The standard InChI is InChI=1S/C19H15ClN2OS2/c1-13-6-4-10-22(12-13)17(18(23)16-9-5-11-25-16)19(24)21-15-8-3-2-7-14(15)20/h2-12H,1H3,(H-,21,23,24)/p+1. The summed E-state index contributed by atoms with van der Waals surface area (Å²) < 4.78 is 1.82. The predicted molar refractivity (Wildman–Crippen MR) is 109 cm³/mol. The van der Waals surface area contributed by atoms with Gasteiger partial charge in [-0.05, 0) is 36.6 Å². The number of hydrogen-bond donors (Lipinski definition) is 2. The van der Waals surface area contributed by atoms with Gasteiger partial charge in [0.2, 0.25) is 5.76 Å². The molecule has 0 radical (unpaired) electrons. The molecule has 0 aliphatic rings. The van der Waals surface area contributed by atoms with E-state index in [9.17, 15) is 5.11 Å².